The van der Waals surface area contributed by atoms with Crippen molar-refractivity contribution >= 4 is 56.4 Å². The Morgan fingerprint density at radius 1 is 1.00 bits per heavy atom. The van der Waals surface area contributed by atoms with Crippen LogP contribution >= 0.6 is 11.6 Å². The number of amides is 2. The molecule has 6 nitrogen and oxygen atoms in total. The maximum Gasteiger partial charge on any atom is 0.259 e. The fourth-order valence-corrected chi connectivity index (χ4v) is 5.23. The van der Waals surface area contributed by atoms with Crippen LogP contribution in [0.4, 0.5) is 4.39 Å². The Bertz CT molecular complexity index is 1490. The number of hydrogen-bond acceptors (Lipinski definition) is 4. The highest BCUT2D eigenvalue weighted by molar-refractivity contribution is 6.51. The van der Waals surface area contributed by atoms with Gasteiger partial charge in [0.25, 0.3) is 11.8 Å². The van der Waals surface area contributed by atoms with Gasteiger partial charge in [0, 0.05) is 34.3 Å². The zero-order chi connectivity index (χ0) is 22.7. The molecule has 0 aliphatic carbocycles. The third-order valence-corrected chi connectivity index (χ3v) is 6.81. The average molecular weight is 464 g/mol. The number of nitrogens with zero attached hydrogens (tertiary/aromatic N) is 1. The van der Waals surface area contributed by atoms with Crippen molar-refractivity contribution in [1.82, 2.24) is 15.2 Å². The minimum atomic E-state index is -0.626. The van der Waals surface area contributed by atoms with Gasteiger partial charge >= 0.3 is 0 Å². The summed E-state index contributed by atoms with van der Waals surface area (Å²) < 4.78 is 22.2. The SMILES string of the molecule is O=C1NC(=O)C(c2cc(Cl)c(F)c3ccoc23)=C1c1cn(C2CCNCC2)c2ccccc12. The monoisotopic (exact) mass is 463 g/mol. The van der Waals surface area contributed by atoms with Crippen molar-refractivity contribution in [1.29, 1.82) is 0 Å². The molecule has 1 saturated heterocycles. The Kier molecular flexibility index (Phi) is 4.64. The molecule has 2 aliphatic rings. The zero-order valence-electron chi connectivity index (χ0n) is 17.5. The molecule has 2 N–H and O–H groups in total. The maximum atomic E-state index is 14.5. The molecule has 8 heteroatoms. The van der Waals surface area contributed by atoms with Crippen LogP contribution in [0, 0.1) is 5.82 Å². The molecule has 2 aliphatic heterocycles. The molecule has 6 rings (SSSR count). The minimum Gasteiger partial charge on any atom is -0.464 e. The van der Waals surface area contributed by atoms with Crippen molar-refractivity contribution in [3.8, 4) is 0 Å². The molecule has 1 fully saturated rings. The highest BCUT2D eigenvalue weighted by Crippen LogP contribution is 2.41. The van der Waals surface area contributed by atoms with E-state index in [9.17, 15) is 14.0 Å². The number of halogens is 2. The molecule has 0 radical (unpaired) electrons. The number of rotatable bonds is 3. The molecule has 166 valence electrons. The van der Waals surface area contributed by atoms with Crippen molar-refractivity contribution in [3.05, 3.63) is 70.8 Å². The molecule has 0 spiro atoms. The van der Waals surface area contributed by atoms with Crippen LogP contribution in [0.1, 0.15) is 30.0 Å². The molecule has 2 aromatic heterocycles. The molecule has 0 atom stereocenters. The smallest absolute Gasteiger partial charge is 0.259 e. The fraction of sp³-hybridized carbons (Fsp3) is 0.200. The van der Waals surface area contributed by atoms with E-state index in [2.05, 4.69) is 15.2 Å². The van der Waals surface area contributed by atoms with Crippen LogP contribution in [-0.4, -0.2) is 29.5 Å². The summed E-state index contributed by atoms with van der Waals surface area (Å²) in [7, 11) is 0. The third-order valence-electron chi connectivity index (χ3n) is 6.54. The van der Waals surface area contributed by atoms with Crippen LogP contribution in [0.15, 0.2) is 53.3 Å². The second kappa shape index (κ2) is 7.57. The number of furan rings is 1. The quantitative estimate of drug-likeness (QED) is 0.433. The summed E-state index contributed by atoms with van der Waals surface area (Å²) in [5.74, 6) is -1.68. The molecule has 0 saturated carbocycles. The lowest BCUT2D eigenvalue weighted by atomic mass is 9.95. The van der Waals surface area contributed by atoms with Crippen LogP contribution in [0.2, 0.25) is 5.02 Å². The average Bonchev–Trinajstić information content (AvgIpc) is 3.53. The summed E-state index contributed by atoms with van der Waals surface area (Å²) in [6.07, 6.45) is 5.23. The lowest BCUT2D eigenvalue weighted by Gasteiger charge is -2.25. The highest BCUT2D eigenvalue weighted by Gasteiger charge is 2.36. The van der Waals surface area contributed by atoms with Crippen molar-refractivity contribution in [2.24, 2.45) is 0 Å². The lowest BCUT2D eigenvalue weighted by molar-refractivity contribution is -0.122. The number of imide groups is 1. The molecule has 4 heterocycles. The Morgan fingerprint density at radius 3 is 2.52 bits per heavy atom. The Labute approximate surface area is 193 Å². The number of para-hydroxylation sites is 1. The Balaban J connectivity index is 1.64. The number of hydrogen-bond donors (Lipinski definition) is 2. The molecular formula is C25H19ClFN3O3. The number of carbonyl (C=O) groups excluding carboxylic acids is 2. The van der Waals surface area contributed by atoms with E-state index < -0.39 is 17.6 Å². The first-order chi connectivity index (χ1) is 16.0. The molecule has 2 amide bonds. The zero-order valence-corrected chi connectivity index (χ0v) is 18.2. The van der Waals surface area contributed by atoms with Crippen molar-refractivity contribution < 1.29 is 18.4 Å². The largest absolute Gasteiger partial charge is 0.464 e. The summed E-state index contributed by atoms with van der Waals surface area (Å²) in [4.78, 5) is 26.1. The first-order valence-electron chi connectivity index (χ1n) is 10.8. The van der Waals surface area contributed by atoms with Gasteiger partial charge in [-0.2, -0.15) is 0 Å². The second-order valence-electron chi connectivity index (χ2n) is 8.36. The van der Waals surface area contributed by atoms with Crippen molar-refractivity contribution in [3.63, 3.8) is 0 Å². The number of benzene rings is 2. The van der Waals surface area contributed by atoms with Crippen molar-refractivity contribution in [2.45, 2.75) is 18.9 Å². The van der Waals surface area contributed by atoms with Gasteiger partial charge in [-0.25, -0.2) is 4.39 Å². The normalized spacial score (nSPS) is 17.5. The summed E-state index contributed by atoms with van der Waals surface area (Å²) in [5, 5.41) is 6.67. The summed E-state index contributed by atoms with van der Waals surface area (Å²) in [6, 6.07) is 10.9. The van der Waals surface area contributed by atoms with E-state index in [1.165, 1.54) is 18.4 Å². The Morgan fingerprint density at radius 2 is 1.73 bits per heavy atom. The highest BCUT2D eigenvalue weighted by atomic mass is 35.5. The van der Waals surface area contributed by atoms with E-state index in [0.717, 1.165) is 36.8 Å². The predicted octanol–water partition coefficient (Wildman–Crippen LogP) is 4.67. The summed E-state index contributed by atoms with van der Waals surface area (Å²) in [5.41, 5.74) is 2.50. The van der Waals surface area contributed by atoms with Crippen LogP contribution in [0.25, 0.3) is 33.0 Å². The third kappa shape index (κ3) is 3.03. The second-order valence-corrected chi connectivity index (χ2v) is 8.77. The van der Waals surface area contributed by atoms with Crippen LogP contribution in [0.3, 0.4) is 0 Å². The molecular weight excluding hydrogens is 445 g/mol. The fourth-order valence-electron chi connectivity index (χ4n) is 5.02. The van der Waals surface area contributed by atoms with E-state index in [1.807, 2.05) is 30.5 Å². The minimum absolute atomic E-state index is 0.134. The predicted molar refractivity (Wildman–Crippen MR) is 124 cm³/mol. The van der Waals surface area contributed by atoms with Gasteiger partial charge < -0.3 is 14.3 Å². The number of fused-ring (bicyclic) bond motifs is 2. The van der Waals surface area contributed by atoms with Gasteiger partial charge in [-0.05, 0) is 44.1 Å². The van der Waals surface area contributed by atoms with Crippen LogP contribution in [-0.2, 0) is 9.59 Å². The van der Waals surface area contributed by atoms with Gasteiger partial charge in [-0.15, -0.1) is 0 Å². The first-order valence-corrected chi connectivity index (χ1v) is 11.2. The molecule has 0 bridgehead atoms. The number of carbonyl (C=O) groups is 2. The van der Waals surface area contributed by atoms with E-state index in [0.29, 0.717) is 11.1 Å². The van der Waals surface area contributed by atoms with Crippen LogP contribution < -0.4 is 10.6 Å². The van der Waals surface area contributed by atoms with E-state index in [4.69, 9.17) is 16.0 Å². The topological polar surface area (TPSA) is 76.3 Å². The standard InChI is InChI=1S/C25H19ClFN3O3/c26-18-11-16(23-15(22(18)27)7-10-33-23)20-21(25(32)29-24(20)31)17-12-30(13-5-8-28-9-6-13)19-4-2-1-3-14(17)19/h1-4,7,10-13,28H,5-6,8-9H2,(H,29,31,32). The number of nitrogens with one attached hydrogen (secondary N) is 2. The van der Waals surface area contributed by atoms with Gasteiger partial charge in [-0.3, -0.25) is 14.9 Å². The van der Waals surface area contributed by atoms with E-state index in [1.54, 1.807) is 0 Å². The lowest BCUT2D eigenvalue weighted by Crippen LogP contribution is -2.29. The number of aromatic nitrogens is 1. The van der Waals surface area contributed by atoms with Gasteiger partial charge in [-0.1, -0.05) is 29.8 Å². The van der Waals surface area contributed by atoms with Gasteiger partial charge in [0.15, 0.2) is 5.82 Å². The summed E-state index contributed by atoms with van der Waals surface area (Å²) >= 11 is 6.14. The van der Waals surface area contributed by atoms with E-state index in [-0.39, 0.29) is 33.2 Å². The van der Waals surface area contributed by atoms with Gasteiger partial charge in [0.2, 0.25) is 0 Å². The van der Waals surface area contributed by atoms with E-state index >= 15 is 0 Å². The van der Waals surface area contributed by atoms with Gasteiger partial charge in [0.05, 0.1) is 27.8 Å². The number of piperidine rings is 1. The van der Waals surface area contributed by atoms with Crippen LogP contribution in [0.5, 0.6) is 0 Å². The summed E-state index contributed by atoms with van der Waals surface area (Å²) in [6.45, 7) is 1.84. The van der Waals surface area contributed by atoms with Gasteiger partial charge in [0.1, 0.15) is 5.58 Å². The first kappa shape index (κ1) is 20.2. The molecule has 4 aromatic rings. The maximum absolute atomic E-state index is 14.5. The molecule has 33 heavy (non-hydrogen) atoms. The van der Waals surface area contributed by atoms with Crippen molar-refractivity contribution in [2.75, 3.05) is 13.1 Å². The molecule has 0 unspecified atom stereocenters. The Hall–Kier alpha value is -3.42. The molecule has 2 aromatic carbocycles.